The van der Waals surface area contributed by atoms with Gasteiger partial charge in [0.15, 0.2) is 0 Å². The second-order valence-electron chi connectivity index (χ2n) is 5.00. The van der Waals surface area contributed by atoms with Crippen molar-refractivity contribution < 1.29 is 19.4 Å². The van der Waals surface area contributed by atoms with Gasteiger partial charge in [0.05, 0.1) is 11.0 Å². The van der Waals surface area contributed by atoms with Gasteiger partial charge in [-0.15, -0.1) is 0 Å². The van der Waals surface area contributed by atoms with E-state index in [4.69, 9.17) is 4.74 Å². The van der Waals surface area contributed by atoms with Gasteiger partial charge < -0.3 is 15.2 Å². The van der Waals surface area contributed by atoms with Gasteiger partial charge in [-0.2, -0.15) is 0 Å². The van der Waals surface area contributed by atoms with Gasteiger partial charge in [-0.25, -0.2) is 0 Å². The topological polar surface area (TPSA) is 75.6 Å². The van der Waals surface area contributed by atoms with Crippen LogP contribution in [0.5, 0.6) is 0 Å². The monoisotopic (exact) mass is 419 g/mol. The van der Waals surface area contributed by atoms with Gasteiger partial charge in [0.25, 0.3) is 5.91 Å². The molecule has 0 unspecified atom stereocenters. The molecule has 1 aromatic carbocycles. The number of amides is 1. The molecule has 7 heteroatoms. The summed E-state index contributed by atoms with van der Waals surface area (Å²) in [6.45, 7) is 0.912. The Morgan fingerprint density at radius 1 is 1.29 bits per heavy atom. The molecule has 21 heavy (non-hydrogen) atoms. The van der Waals surface area contributed by atoms with E-state index >= 15 is 0 Å². The Morgan fingerprint density at radius 2 is 1.95 bits per heavy atom. The normalized spacial score (nSPS) is 17.2. The average molecular weight is 421 g/mol. The zero-order valence-electron chi connectivity index (χ0n) is 11.2. The summed E-state index contributed by atoms with van der Waals surface area (Å²) in [5.41, 5.74) is -0.469. The van der Waals surface area contributed by atoms with Gasteiger partial charge in [-0.3, -0.25) is 9.59 Å². The van der Waals surface area contributed by atoms with Crippen LogP contribution in [0.1, 0.15) is 23.2 Å². The number of aliphatic carboxylic acids is 1. The van der Waals surface area contributed by atoms with E-state index in [0.717, 1.165) is 4.47 Å². The lowest BCUT2D eigenvalue weighted by molar-refractivity contribution is -0.154. The predicted octanol–water partition coefficient (Wildman–Crippen LogP) is 2.82. The molecule has 1 aliphatic rings. The van der Waals surface area contributed by atoms with Crippen molar-refractivity contribution in [2.24, 2.45) is 5.41 Å². The largest absolute Gasteiger partial charge is 0.481 e. The van der Waals surface area contributed by atoms with Crippen LogP contribution in [0.3, 0.4) is 0 Å². The van der Waals surface area contributed by atoms with E-state index in [1.165, 1.54) is 0 Å². The standard InChI is InChI=1S/C14H15Br2NO4/c15-9-1-2-11(16)10(7-9)12(18)17-8-14(13(19)20)3-5-21-6-4-14/h1-2,7H,3-6,8H2,(H,17,18)(H,19,20). The Morgan fingerprint density at radius 3 is 2.57 bits per heavy atom. The Kier molecular flexibility index (Phi) is 5.40. The molecule has 0 aliphatic carbocycles. The van der Waals surface area contributed by atoms with Crippen LogP contribution < -0.4 is 5.32 Å². The second-order valence-corrected chi connectivity index (χ2v) is 6.77. The van der Waals surface area contributed by atoms with Crippen LogP contribution in [0.15, 0.2) is 27.1 Å². The van der Waals surface area contributed by atoms with Gasteiger partial charge in [-0.05, 0) is 47.0 Å². The van der Waals surface area contributed by atoms with E-state index in [9.17, 15) is 14.7 Å². The summed E-state index contributed by atoms with van der Waals surface area (Å²) < 4.78 is 6.66. The van der Waals surface area contributed by atoms with Crippen LogP contribution in [0.2, 0.25) is 0 Å². The van der Waals surface area contributed by atoms with Crippen molar-refractivity contribution in [1.82, 2.24) is 5.32 Å². The first kappa shape index (κ1) is 16.5. The maximum absolute atomic E-state index is 12.2. The number of carbonyl (C=O) groups is 2. The molecule has 1 amide bonds. The lowest BCUT2D eigenvalue weighted by atomic mass is 9.80. The molecule has 2 N–H and O–H groups in total. The van der Waals surface area contributed by atoms with Crippen LogP contribution in [0.25, 0.3) is 0 Å². The first-order chi connectivity index (χ1) is 9.94. The van der Waals surface area contributed by atoms with Crippen molar-refractivity contribution in [3.63, 3.8) is 0 Å². The number of ether oxygens (including phenoxy) is 1. The molecule has 0 spiro atoms. The second kappa shape index (κ2) is 6.89. The number of halogens is 2. The SMILES string of the molecule is O=C(NCC1(C(=O)O)CCOCC1)c1cc(Br)ccc1Br. The highest BCUT2D eigenvalue weighted by atomic mass is 79.9. The van der Waals surface area contributed by atoms with Crippen molar-refractivity contribution in [3.8, 4) is 0 Å². The first-order valence-electron chi connectivity index (χ1n) is 6.49. The summed E-state index contributed by atoms with van der Waals surface area (Å²) >= 11 is 6.64. The fraction of sp³-hybridized carbons (Fsp3) is 0.429. The number of rotatable bonds is 4. The van der Waals surface area contributed by atoms with Crippen LogP contribution in [0, 0.1) is 5.41 Å². The van der Waals surface area contributed by atoms with Gasteiger partial charge >= 0.3 is 5.97 Å². The smallest absolute Gasteiger partial charge is 0.311 e. The minimum Gasteiger partial charge on any atom is -0.481 e. The third kappa shape index (κ3) is 3.84. The van der Waals surface area contributed by atoms with Crippen LogP contribution in [0.4, 0.5) is 0 Å². The Hall–Kier alpha value is -0.920. The molecule has 1 heterocycles. The molecule has 0 atom stereocenters. The lowest BCUT2D eigenvalue weighted by Gasteiger charge is -2.33. The molecule has 0 bridgehead atoms. The molecule has 1 aromatic rings. The summed E-state index contributed by atoms with van der Waals surface area (Å²) in [6.07, 6.45) is 0.810. The molecule has 0 radical (unpaired) electrons. The summed E-state index contributed by atoms with van der Waals surface area (Å²) in [7, 11) is 0. The van der Waals surface area contributed by atoms with E-state index in [-0.39, 0.29) is 12.5 Å². The summed E-state index contributed by atoms with van der Waals surface area (Å²) in [4.78, 5) is 23.8. The Balaban J connectivity index is 2.08. The van der Waals surface area contributed by atoms with Gasteiger partial charge in [0.1, 0.15) is 0 Å². The number of benzene rings is 1. The van der Waals surface area contributed by atoms with Crippen LogP contribution >= 0.6 is 31.9 Å². The molecule has 1 fully saturated rings. The predicted molar refractivity (Wildman–Crippen MR) is 84.3 cm³/mol. The summed E-state index contributed by atoms with van der Waals surface area (Å²) in [6, 6.07) is 5.27. The fourth-order valence-corrected chi connectivity index (χ4v) is 3.03. The molecular formula is C14H15Br2NO4. The number of nitrogens with one attached hydrogen (secondary N) is 1. The molecule has 1 aliphatic heterocycles. The fourth-order valence-electron chi connectivity index (χ4n) is 2.24. The lowest BCUT2D eigenvalue weighted by Crippen LogP contribution is -2.46. The average Bonchev–Trinajstić information content (AvgIpc) is 2.48. The maximum atomic E-state index is 12.2. The molecular weight excluding hydrogens is 406 g/mol. The number of carbonyl (C=O) groups excluding carboxylic acids is 1. The van der Waals surface area contributed by atoms with Gasteiger partial charge in [-0.1, -0.05) is 15.9 Å². The third-order valence-electron chi connectivity index (χ3n) is 3.66. The zero-order valence-corrected chi connectivity index (χ0v) is 14.4. The molecule has 0 saturated carbocycles. The van der Waals surface area contributed by atoms with Crippen molar-refractivity contribution in [2.45, 2.75) is 12.8 Å². The Labute approximate surface area is 139 Å². The minimum absolute atomic E-state index is 0.101. The highest BCUT2D eigenvalue weighted by Gasteiger charge is 2.40. The minimum atomic E-state index is -0.938. The summed E-state index contributed by atoms with van der Waals surface area (Å²) in [5, 5.41) is 12.2. The number of hydrogen-bond acceptors (Lipinski definition) is 3. The highest BCUT2D eigenvalue weighted by molar-refractivity contribution is 9.11. The zero-order chi connectivity index (χ0) is 15.5. The number of carboxylic acids is 1. The molecule has 2 rings (SSSR count). The molecule has 0 aromatic heterocycles. The van der Waals surface area contributed by atoms with Gasteiger partial charge in [0.2, 0.25) is 0 Å². The van der Waals surface area contributed by atoms with E-state index in [2.05, 4.69) is 37.2 Å². The van der Waals surface area contributed by atoms with E-state index in [1.54, 1.807) is 12.1 Å². The van der Waals surface area contributed by atoms with Crippen LogP contribution in [-0.2, 0) is 9.53 Å². The first-order valence-corrected chi connectivity index (χ1v) is 8.08. The van der Waals surface area contributed by atoms with Crippen molar-refractivity contribution in [3.05, 3.63) is 32.7 Å². The third-order valence-corrected chi connectivity index (χ3v) is 4.85. The summed E-state index contributed by atoms with van der Waals surface area (Å²) in [5.74, 6) is -1.19. The van der Waals surface area contributed by atoms with E-state index in [1.807, 2.05) is 6.07 Å². The number of carboxylic acid groups (broad SMARTS) is 1. The molecule has 5 nitrogen and oxygen atoms in total. The van der Waals surface area contributed by atoms with Crippen LogP contribution in [-0.4, -0.2) is 36.7 Å². The van der Waals surface area contributed by atoms with E-state index in [0.29, 0.717) is 36.1 Å². The van der Waals surface area contributed by atoms with Crippen molar-refractivity contribution >= 4 is 43.7 Å². The van der Waals surface area contributed by atoms with Crippen molar-refractivity contribution in [1.29, 1.82) is 0 Å². The van der Waals surface area contributed by atoms with Gasteiger partial charge in [0, 0.05) is 28.7 Å². The maximum Gasteiger partial charge on any atom is 0.311 e. The Bertz CT molecular complexity index is 556. The quantitative estimate of drug-likeness (QED) is 0.785. The molecule has 114 valence electrons. The van der Waals surface area contributed by atoms with E-state index < -0.39 is 11.4 Å². The number of hydrogen-bond donors (Lipinski definition) is 2. The molecule has 1 saturated heterocycles. The van der Waals surface area contributed by atoms with Crippen molar-refractivity contribution in [2.75, 3.05) is 19.8 Å². The highest BCUT2D eigenvalue weighted by Crippen LogP contribution is 2.30.